The first kappa shape index (κ1) is 13.4. The molecule has 18 heavy (non-hydrogen) atoms. The Bertz CT molecular complexity index is 384. The minimum Gasteiger partial charge on any atom is -0.497 e. The maximum absolute atomic E-state index is 10.3. The van der Waals surface area contributed by atoms with E-state index in [9.17, 15) is 5.11 Å². The lowest BCUT2D eigenvalue weighted by Crippen LogP contribution is -2.26. The Kier molecular flexibility index (Phi) is 4.25. The van der Waals surface area contributed by atoms with Crippen molar-refractivity contribution in [3.05, 3.63) is 29.8 Å². The number of benzene rings is 1. The quantitative estimate of drug-likeness (QED) is 0.889. The molecule has 1 aliphatic heterocycles. The minimum absolute atomic E-state index is 0.433. The predicted molar refractivity (Wildman–Crippen MR) is 72.7 cm³/mol. The Morgan fingerprint density at radius 1 is 1.33 bits per heavy atom. The fourth-order valence-corrected chi connectivity index (χ4v) is 2.60. The van der Waals surface area contributed by atoms with E-state index >= 15 is 0 Å². The molecule has 1 fully saturated rings. The zero-order chi connectivity index (χ0) is 13.1. The predicted octanol–water partition coefficient (Wildman–Crippen LogP) is 2.32. The zero-order valence-corrected chi connectivity index (χ0v) is 11.5. The minimum atomic E-state index is -0.433. The molecule has 0 spiro atoms. The number of ether oxygens (including phenoxy) is 1. The highest BCUT2D eigenvalue weighted by Gasteiger charge is 2.27. The lowest BCUT2D eigenvalue weighted by Gasteiger charge is -2.20. The number of aliphatic hydroxyl groups excluding tert-OH is 1. The van der Waals surface area contributed by atoms with E-state index in [0.717, 1.165) is 36.2 Å². The molecule has 1 heterocycles. The number of aliphatic hydroxyl groups is 1. The second kappa shape index (κ2) is 5.72. The number of methoxy groups -OCH3 is 1. The largest absolute Gasteiger partial charge is 0.497 e. The highest BCUT2D eigenvalue weighted by molar-refractivity contribution is 5.29. The van der Waals surface area contributed by atoms with Crippen LogP contribution in [0.3, 0.4) is 0 Å². The molecule has 0 saturated carbocycles. The van der Waals surface area contributed by atoms with Crippen molar-refractivity contribution in [3.63, 3.8) is 0 Å². The van der Waals surface area contributed by atoms with Crippen LogP contribution < -0.4 is 4.74 Å². The number of hydrogen-bond donors (Lipinski definition) is 1. The maximum Gasteiger partial charge on any atom is 0.119 e. The molecule has 100 valence electrons. The molecule has 0 aromatic heterocycles. The number of β-amino-alcohol motifs (C(OH)–C–C–N with tert-alkyl or cyclic N) is 1. The maximum atomic E-state index is 10.3. The van der Waals surface area contributed by atoms with Crippen molar-refractivity contribution < 1.29 is 9.84 Å². The van der Waals surface area contributed by atoms with Gasteiger partial charge in [0.05, 0.1) is 13.2 Å². The lowest BCUT2D eigenvalue weighted by molar-refractivity contribution is 0.123. The molecule has 3 nitrogen and oxygen atoms in total. The van der Waals surface area contributed by atoms with Gasteiger partial charge in [-0.2, -0.15) is 0 Å². The zero-order valence-electron chi connectivity index (χ0n) is 11.5. The average molecular weight is 249 g/mol. The lowest BCUT2D eigenvalue weighted by atomic mass is 10.0. The van der Waals surface area contributed by atoms with Crippen LogP contribution in [0.1, 0.15) is 25.5 Å². The Balaban J connectivity index is 1.97. The van der Waals surface area contributed by atoms with E-state index in [2.05, 4.69) is 18.7 Å². The van der Waals surface area contributed by atoms with Gasteiger partial charge in [0, 0.05) is 19.6 Å². The van der Waals surface area contributed by atoms with Crippen molar-refractivity contribution in [2.24, 2.45) is 11.8 Å². The highest BCUT2D eigenvalue weighted by atomic mass is 16.5. The third kappa shape index (κ3) is 3.03. The summed E-state index contributed by atoms with van der Waals surface area (Å²) in [6, 6.07) is 7.69. The second-order valence-electron chi connectivity index (χ2n) is 5.47. The van der Waals surface area contributed by atoms with Crippen LogP contribution in [-0.4, -0.2) is 36.8 Å². The summed E-state index contributed by atoms with van der Waals surface area (Å²) in [6.07, 6.45) is -0.433. The average Bonchev–Trinajstić information content (AvgIpc) is 2.68. The van der Waals surface area contributed by atoms with Crippen LogP contribution in [0.2, 0.25) is 0 Å². The first-order chi connectivity index (χ1) is 8.60. The van der Waals surface area contributed by atoms with E-state index < -0.39 is 6.10 Å². The van der Waals surface area contributed by atoms with E-state index in [1.807, 2.05) is 24.3 Å². The van der Waals surface area contributed by atoms with E-state index in [-0.39, 0.29) is 0 Å². The van der Waals surface area contributed by atoms with Crippen LogP contribution in [-0.2, 0) is 0 Å². The number of nitrogens with zero attached hydrogens (tertiary/aromatic N) is 1. The van der Waals surface area contributed by atoms with E-state index in [4.69, 9.17) is 4.74 Å². The van der Waals surface area contributed by atoms with Crippen molar-refractivity contribution in [3.8, 4) is 5.75 Å². The van der Waals surface area contributed by atoms with Gasteiger partial charge in [-0.05, 0) is 29.5 Å². The molecule has 1 saturated heterocycles. The summed E-state index contributed by atoms with van der Waals surface area (Å²) in [5.74, 6) is 2.25. The topological polar surface area (TPSA) is 32.7 Å². The molecule has 1 aromatic rings. The number of hydrogen-bond acceptors (Lipinski definition) is 3. The van der Waals surface area contributed by atoms with Gasteiger partial charge in [0.15, 0.2) is 0 Å². The molecule has 1 aliphatic rings. The normalized spacial score (nSPS) is 26.2. The molecule has 0 aliphatic carbocycles. The summed E-state index contributed by atoms with van der Waals surface area (Å²) in [7, 11) is 1.65. The van der Waals surface area contributed by atoms with Crippen LogP contribution in [0.25, 0.3) is 0 Å². The smallest absolute Gasteiger partial charge is 0.119 e. The van der Waals surface area contributed by atoms with Gasteiger partial charge in [-0.15, -0.1) is 0 Å². The van der Waals surface area contributed by atoms with Crippen LogP contribution in [0.4, 0.5) is 0 Å². The molecule has 0 amide bonds. The molecule has 3 unspecified atom stereocenters. The van der Waals surface area contributed by atoms with Crippen LogP contribution in [0, 0.1) is 11.8 Å². The van der Waals surface area contributed by atoms with Crippen molar-refractivity contribution in [1.82, 2.24) is 4.90 Å². The summed E-state index contributed by atoms with van der Waals surface area (Å²) in [5, 5.41) is 10.3. The number of likely N-dealkylation sites (tertiary alicyclic amines) is 1. The van der Waals surface area contributed by atoms with Gasteiger partial charge in [0.1, 0.15) is 5.75 Å². The summed E-state index contributed by atoms with van der Waals surface area (Å²) >= 11 is 0. The fraction of sp³-hybridized carbons (Fsp3) is 0.600. The van der Waals surface area contributed by atoms with Crippen LogP contribution in [0.15, 0.2) is 24.3 Å². The molecule has 1 N–H and O–H groups in total. The summed E-state index contributed by atoms with van der Waals surface area (Å²) < 4.78 is 5.18. The first-order valence-corrected chi connectivity index (χ1v) is 6.64. The molecule has 2 rings (SSSR count). The van der Waals surface area contributed by atoms with Crippen LogP contribution in [0.5, 0.6) is 5.75 Å². The molecule has 1 aromatic carbocycles. The Hall–Kier alpha value is -1.06. The Morgan fingerprint density at radius 3 is 2.61 bits per heavy atom. The van der Waals surface area contributed by atoms with E-state index in [0.29, 0.717) is 6.54 Å². The van der Waals surface area contributed by atoms with Gasteiger partial charge >= 0.3 is 0 Å². The standard InChI is InChI=1S/C15H23NO2/c1-11-8-16(9-12(11)2)10-15(17)13-5-4-6-14(7-13)18-3/h4-7,11-12,15,17H,8-10H2,1-3H3. The highest BCUT2D eigenvalue weighted by Crippen LogP contribution is 2.25. The van der Waals surface area contributed by atoms with E-state index in [1.165, 1.54) is 0 Å². The van der Waals surface area contributed by atoms with Gasteiger partial charge in [-0.1, -0.05) is 26.0 Å². The van der Waals surface area contributed by atoms with Gasteiger partial charge in [-0.3, -0.25) is 4.90 Å². The van der Waals surface area contributed by atoms with Gasteiger partial charge < -0.3 is 9.84 Å². The van der Waals surface area contributed by atoms with Crippen molar-refractivity contribution in [1.29, 1.82) is 0 Å². The third-order valence-electron chi connectivity index (χ3n) is 3.97. The number of rotatable bonds is 4. The summed E-state index contributed by atoms with van der Waals surface area (Å²) in [5.41, 5.74) is 0.932. The molecule has 0 bridgehead atoms. The van der Waals surface area contributed by atoms with Gasteiger partial charge in [0.25, 0.3) is 0 Å². The van der Waals surface area contributed by atoms with Gasteiger partial charge in [0.2, 0.25) is 0 Å². The molecular formula is C15H23NO2. The Labute approximate surface area is 109 Å². The van der Waals surface area contributed by atoms with Crippen molar-refractivity contribution >= 4 is 0 Å². The molecule has 0 radical (unpaired) electrons. The fourth-order valence-electron chi connectivity index (χ4n) is 2.60. The SMILES string of the molecule is COc1cccc(C(O)CN2CC(C)C(C)C2)c1. The summed E-state index contributed by atoms with van der Waals surface area (Å²) in [4.78, 5) is 2.35. The monoisotopic (exact) mass is 249 g/mol. The van der Waals surface area contributed by atoms with Gasteiger partial charge in [-0.25, -0.2) is 0 Å². The molecule has 3 heteroatoms. The third-order valence-corrected chi connectivity index (χ3v) is 3.97. The molecule has 3 atom stereocenters. The van der Waals surface area contributed by atoms with E-state index in [1.54, 1.807) is 7.11 Å². The van der Waals surface area contributed by atoms with Crippen molar-refractivity contribution in [2.75, 3.05) is 26.7 Å². The second-order valence-corrected chi connectivity index (χ2v) is 5.47. The summed E-state index contributed by atoms with van der Waals surface area (Å²) in [6.45, 7) is 7.44. The first-order valence-electron chi connectivity index (χ1n) is 6.64. The van der Waals surface area contributed by atoms with Crippen LogP contribution >= 0.6 is 0 Å². The van der Waals surface area contributed by atoms with Crippen molar-refractivity contribution in [2.45, 2.75) is 20.0 Å². The Morgan fingerprint density at radius 2 is 2.00 bits per heavy atom. The molecular weight excluding hydrogens is 226 g/mol.